The predicted molar refractivity (Wildman–Crippen MR) is 135 cm³/mol. The molecule has 1 aliphatic rings. The summed E-state index contributed by atoms with van der Waals surface area (Å²) in [5.41, 5.74) is 0.711. The summed E-state index contributed by atoms with van der Waals surface area (Å²) in [6, 6.07) is 5.48. The summed E-state index contributed by atoms with van der Waals surface area (Å²) < 4.78 is 32.6. The van der Waals surface area contributed by atoms with E-state index in [1.165, 1.54) is 29.4 Å². The van der Waals surface area contributed by atoms with E-state index in [1.54, 1.807) is 32.9 Å². The van der Waals surface area contributed by atoms with Gasteiger partial charge in [-0.2, -0.15) is 0 Å². The third-order valence-corrected chi connectivity index (χ3v) is 7.64. The minimum absolute atomic E-state index is 0.0165. The van der Waals surface area contributed by atoms with Gasteiger partial charge in [0.05, 0.1) is 41.0 Å². The maximum absolute atomic E-state index is 13.1. The van der Waals surface area contributed by atoms with Gasteiger partial charge in [-0.1, -0.05) is 29.3 Å². The number of aliphatic hydroxyl groups is 1. The minimum Gasteiger partial charge on any atom is -0.444 e. The van der Waals surface area contributed by atoms with Crippen molar-refractivity contribution in [2.45, 2.75) is 63.3 Å². The molecule has 2 atom stereocenters. The molecule has 4 rings (SSSR count). The van der Waals surface area contributed by atoms with Gasteiger partial charge >= 0.3 is 6.09 Å². The van der Waals surface area contributed by atoms with E-state index in [1.807, 2.05) is 6.92 Å². The van der Waals surface area contributed by atoms with Crippen LogP contribution in [0.25, 0.3) is 11.2 Å². The summed E-state index contributed by atoms with van der Waals surface area (Å²) in [5.74, 6) is -0.491. The number of aryl methyl sites for hydroxylation is 1. The van der Waals surface area contributed by atoms with Crippen molar-refractivity contribution in [3.63, 3.8) is 0 Å². The Morgan fingerprint density at radius 2 is 1.92 bits per heavy atom. The van der Waals surface area contributed by atoms with Gasteiger partial charge < -0.3 is 15.2 Å². The SMILES string of the molecule is Cc1ccc(S(=O)(=O)n2cc(Cl)c3nc(CNC(=O)[C@H]4C[C@@H](O)CN4C(=O)OC(C)(C)C)cnc32)cc1. The Hall–Kier alpha value is -3.22. The van der Waals surface area contributed by atoms with E-state index in [9.17, 15) is 23.1 Å². The molecule has 37 heavy (non-hydrogen) atoms. The van der Waals surface area contributed by atoms with Crippen molar-refractivity contribution in [3.8, 4) is 0 Å². The van der Waals surface area contributed by atoms with Crippen LogP contribution < -0.4 is 5.32 Å². The summed E-state index contributed by atoms with van der Waals surface area (Å²) in [5, 5.41) is 12.8. The molecule has 0 unspecified atom stereocenters. The lowest BCUT2D eigenvalue weighted by Crippen LogP contribution is -2.47. The zero-order valence-electron chi connectivity index (χ0n) is 20.8. The quantitative estimate of drug-likeness (QED) is 0.494. The van der Waals surface area contributed by atoms with Crippen molar-refractivity contribution in [3.05, 3.63) is 52.9 Å². The molecular weight excluding hydrogens is 522 g/mol. The molecule has 2 aromatic heterocycles. The maximum Gasteiger partial charge on any atom is 0.411 e. The standard InChI is InChI=1S/C24H28ClN5O6S/c1-14-5-7-17(8-6-14)37(34,35)30-13-18(25)20-21(30)26-10-15(28-20)11-27-22(32)19-9-16(31)12-29(19)23(33)36-24(2,3)4/h5-8,10,13,16,19,31H,9,11-12H2,1-4H3,(H,27,32)/t16-,19-/m1/s1. The van der Waals surface area contributed by atoms with Crippen molar-refractivity contribution < 1.29 is 27.9 Å². The van der Waals surface area contributed by atoms with E-state index >= 15 is 0 Å². The van der Waals surface area contributed by atoms with Crippen LogP contribution in [0.5, 0.6) is 0 Å². The summed E-state index contributed by atoms with van der Waals surface area (Å²) >= 11 is 6.30. The molecule has 2 N–H and O–H groups in total. The highest BCUT2D eigenvalue weighted by atomic mass is 35.5. The van der Waals surface area contributed by atoms with Crippen molar-refractivity contribution in [2.75, 3.05) is 6.54 Å². The van der Waals surface area contributed by atoms with Gasteiger partial charge in [0, 0.05) is 12.6 Å². The Balaban J connectivity index is 1.51. The van der Waals surface area contributed by atoms with Crippen molar-refractivity contribution >= 4 is 44.8 Å². The molecule has 3 heterocycles. The Labute approximate surface area is 219 Å². The molecular formula is C24H28ClN5O6S. The summed E-state index contributed by atoms with van der Waals surface area (Å²) in [4.78, 5) is 35.3. The van der Waals surface area contributed by atoms with Gasteiger partial charge in [-0.05, 0) is 39.8 Å². The van der Waals surface area contributed by atoms with E-state index in [0.29, 0.717) is 5.69 Å². The fraction of sp³-hybridized carbons (Fsp3) is 0.417. The number of hydrogen-bond donors (Lipinski definition) is 2. The summed E-state index contributed by atoms with van der Waals surface area (Å²) in [6.07, 6.45) is 1.11. The molecule has 13 heteroatoms. The Morgan fingerprint density at radius 3 is 2.57 bits per heavy atom. The van der Waals surface area contributed by atoms with Gasteiger partial charge in [0.25, 0.3) is 10.0 Å². The molecule has 1 fully saturated rings. The van der Waals surface area contributed by atoms with Crippen molar-refractivity contribution in [1.82, 2.24) is 24.2 Å². The zero-order valence-corrected chi connectivity index (χ0v) is 22.4. The van der Waals surface area contributed by atoms with Crippen LogP contribution in [-0.2, 0) is 26.1 Å². The van der Waals surface area contributed by atoms with Gasteiger partial charge in [0.15, 0.2) is 5.65 Å². The number of aliphatic hydroxyl groups excluding tert-OH is 1. The molecule has 0 bridgehead atoms. The smallest absolute Gasteiger partial charge is 0.411 e. The van der Waals surface area contributed by atoms with Crippen LogP contribution in [0.3, 0.4) is 0 Å². The van der Waals surface area contributed by atoms with Crippen LogP contribution in [0.2, 0.25) is 5.02 Å². The van der Waals surface area contributed by atoms with E-state index < -0.39 is 39.8 Å². The third kappa shape index (κ3) is 5.71. The first-order valence-electron chi connectivity index (χ1n) is 11.6. The lowest BCUT2D eigenvalue weighted by Gasteiger charge is -2.27. The Morgan fingerprint density at radius 1 is 1.24 bits per heavy atom. The van der Waals surface area contributed by atoms with Gasteiger partial charge in [-0.15, -0.1) is 0 Å². The first-order chi connectivity index (χ1) is 17.3. The number of benzene rings is 1. The fourth-order valence-corrected chi connectivity index (χ4v) is 5.53. The molecule has 11 nitrogen and oxygen atoms in total. The molecule has 198 valence electrons. The van der Waals surface area contributed by atoms with Crippen molar-refractivity contribution in [1.29, 1.82) is 0 Å². The second-order valence-corrected chi connectivity index (χ2v) is 12.1. The third-order valence-electron chi connectivity index (χ3n) is 5.70. The molecule has 1 aliphatic heterocycles. The Bertz CT molecular complexity index is 1450. The van der Waals surface area contributed by atoms with Gasteiger partial charge in [0.1, 0.15) is 17.2 Å². The van der Waals surface area contributed by atoms with E-state index in [2.05, 4.69) is 15.3 Å². The topological polar surface area (TPSA) is 144 Å². The van der Waals surface area contributed by atoms with E-state index in [4.69, 9.17) is 16.3 Å². The van der Waals surface area contributed by atoms with Gasteiger partial charge in [-0.25, -0.2) is 27.2 Å². The number of nitrogens with zero attached hydrogens (tertiary/aromatic N) is 4. The highest BCUT2D eigenvalue weighted by Crippen LogP contribution is 2.27. The maximum atomic E-state index is 13.1. The lowest BCUT2D eigenvalue weighted by molar-refractivity contribution is -0.125. The Kier molecular flexibility index (Phi) is 7.19. The number of carbonyl (C=O) groups excluding carboxylic acids is 2. The lowest BCUT2D eigenvalue weighted by atomic mass is 10.2. The van der Waals surface area contributed by atoms with Crippen LogP contribution >= 0.6 is 11.6 Å². The number of hydrogen-bond acceptors (Lipinski definition) is 8. The average Bonchev–Trinajstić information content (AvgIpc) is 3.37. The number of amides is 2. The number of β-amino-alcohol motifs (C(OH)–C–C–N with tert-alkyl or cyclic N) is 1. The average molecular weight is 550 g/mol. The normalized spacial score (nSPS) is 18.3. The summed E-state index contributed by atoms with van der Waals surface area (Å²) in [7, 11) is -3.96. The van der Waals surface area contributed by atoms with Crippen LogP contribution in [0.4, 0.5) is 4.79 Å². The molecule has 3 aromatic rings. The highest BCUT2D eigenvalue weighted by Gasteiger charge is 2.40. The summed E-state index contributed by atoms with van der Waals surface area (Å²) in [6.45, 7) is 6.93. The molecule has 0 radical (unpaired) electrons. The van der Waals surface area contributed by atoms with E-state index in [0.717, 1.165) is 9.54 Å². The first-order valence-corrected chi connectivity index (χ1v) is 13.4. The predicted octanol–water partition coefficient (Wildman–Crippen LogP) is 2.62. The molecule has 1 aromatic carbocycles. The number of ether oxygens (including phenoxy) is 1. The largest absolute Gasteiger partial charge is 0.444 e. The molecule has 1 saturated heterocycles. The second-order valence-electron chi connectivity index (χ2n) is 9.88. The number of carbonyl (C=O) groups is 2. The number of halogens is 1. The number of likely N-dealkylation sites (tertiary alicyclic amines) is 1. The fourth-order valence-electron chi connectivity index (χ4n) is 3.94. The molecule has 0 saturated carbocycles. The number of rotatable bonds is 5. The monoisotopic (exact) mass is 549 g/mol. The molecule has 0 spiro atoms. The zero-order chi connectivity index (χ0) is 27.1. The molecule has 2 amide bonds. The van der Waals surface area contributed by atoms with Crippen molar-refractivity contribution in [2.24, 2.45) is 0 Å². The van der Waals surface area contributed by atoms with Gasteiger partial charge in [0.2, 0.25) is 5.91 Å². The van der Waals surface area contributed by atoms with E-state index in [-0.39, 0.29) is 40.6 Å². The molecule has 0 aliphatic carbocycles. The number of aromatic nitrogens is 3. The van der Waals surface area contributed by atoms with Crippen LogP contribution in [0.1, 0.15) is 38.4 Å². The van der Waals surface area contributed by atoms with Gasteiger partial charge in [-0.3, -0.25) is 9.69 Å². The highest BCUT2D eigenvalue weighted by molar-refractivity contribution is 7.90. The minimum atomic E-state index is -3.96. The number of fused-ring (bicyclic) bond motifs is 1. The van der Waals surface area contributed by atoms with Crippen LogP contribution in [-0.4, -0.2) is 68.7 Å². The second kappa shape index (κ2) is 9.92. The first kappa shape index (κ1) is 26.8. The van der Waals surface area contributed by atoms with Crippen LogP contribution in [0.15, 0.2) is 41.6 Å². The number of nitrogens with one attached hydrogen (secondary N) is 1. The van der Waals surface area contributed by atoms with Crippen LogP contribution in [0, 0.1) is 6.92 Å².